The molecule has 2 heterocycles. The zero-order valence-electron chi connectivity index (χ0n) is 16.1. The molecule has 5 N–H and O–H groups in total. The molecule has 0 saturated carbocycles. The van der Waals surface area contributed by atoms with E-state index in [1.165, 1.54) is 0 Å². The van der Waals surface area contributed by atoms with E-state index in [1.807, 2.05) is 59.2 Å². The topological polar surface area (TPSA) is 124 Å². The number of fused-ring (bicyclic) bond motifs is 1. The van der Waals surface area contributed by atoms with Crippen LogP contribution in [0.2, 0.25) is 0 Å². The summed E-state index contributed by atoms with van der Waals surface area (Å²) >= 11 is 0. The number of carbonyl (C=O) groups excluding carboxylic acids is 1. The van der Waals surface area contributed by atoms with E-state index < -0.39 is 43.2 Å². The summed E-state index contributed by atoms with van der Waals surface area (Å²) in [5.74, 6) is -0.514. The number of nitrogens with zero attached hydrogens (tertiary/aromatic N) is 1. The first-order valence-electron chi connectivity index (χ1n) is 9.72. The van der Waals surface area contributed by atoms with Crippen molar-refractivity contribution in [3.8, 4) is 0 Å². The number of aliphatic hydroxyl groups excluding tert-OH is 4. The Morgan fingerprint density at radius 2 is 1.70 bits per heavy atom. The molecule has 1 saturated heterocycles. The minimum absolute atomic E-state index is 0.375. The van der Waals surface area contributed by atoms with Crippen LogP contribution in [0.3, 0.4) is 0 Å². The van der Waals surface area contributed by atoms with Crippen molar-refractivity contribution in [2.45, 2.75) is 37.2 Å². The number of ether oxygens (including phenoxy) is 1. The van der Waals surface area contributed by atoms with Crippen molar-refractivity contribution < 1.29 is 30.0 Å². The maximum atomic E-state index is 13.0. The van der Waals surface area contributed by atoms with Crippen molar-refractivity contribution in [1.82, 2.24) is 9.88 Å². The summed E-state index contributed by atoms with van der Waals surface area (Å²) in [5.41, 5.74) is 2.32. The molecule has 0 bridgehead atoms. The summed E-state index contributed by atoms with van der Waals surface area (Å²) in [5, 5.41) is 43.0. The zero-order valence-corrected chi connectivity index (χ0v) is 16.1. The predicted octanol–water partition coefficient (Wildman–Crippen LogP) is 0.219. The molecule has 3 unspecified atom stereocenters. The Balaban J connectivity index is 1.61. The average molecular weight is 412 g/mol. The molecule has 5 atom stereocenters. The quantitative estimate of drug-likeness (QED) is 0.408. The number of para-hydroxylation sites is 1. The first-order chi connectivity index (χ1) is 14.5. The van der Waals surface area contributed by atoms with Gasteiger partial charge >= 0.3 is 0 Å². The maximum Gasteiger partial charge on any atom is 0.253 e. The first kappa shape index (κ1) is 20.5. The van der Waals surface area contributed by atoms with Gasteiger partial charge in [0.25, 0.3) is 5.91 Å². The summed E-state index contributed by atoms with van der Waals surface area (Å²) in [6, 6.07) is 16.1. The molecule has 158 valence electrons. The smallest absolute Gasteiger partial charge is 0.253 e. The Bertz CT molecular complexity index is 1020. The highest BCUT2D eigenvalue weighted by Gasteiger charge is 2.44. The summed E-state index contributed by atoms with van der Waals surface area (Å²) in [4.78, 5) is 13.0. The maximum absolute atomic E-state index is 13.0. The van der Waals surface area contributed by atoms with Gasteiger partial charge in [0.2, 0.25) is 0 Å². The van der Waals surface area contributed by atoms with Crippen LogP contribution < -0.4 is 5.32 Å². The van der Waals surface area contributed by atoms with Crippen LogP contribution in [0.4, 0.5) is 0 Å². The first-order valence-corrected chi connectivity index (χ1v) is 9.72. The van der Waals surface area contributed by atoms with Gasteiger partial charge in [-0.1, -0.05) is 48.5 Å². The lowest BCUT2D eigenvalue weighted by molar-refractivity contribution is -0.252. The molecule has 30 heavy (non-hydrogen) atoms. The van der Waals surface area contributed by atoms with E-state index in [-0.39, 0.29) is 0 Å². The predicted molar refractivity (Wildman–Crippen MR) is 109 cm³/mol. The number of nitrogens with one attached hydrogen (secondary N) is 1. The van der Waals surface area contributed by atoms with E-state index in [9.17, 15) is 25.2 Å². The fraction of sp³-hybridized carbons (Fsp3) is 0.318. The summed E-state index contributed by atoms with van der Waals surface area (Å²) < 4.78 is 7.07. The van der Waals surface area contributed by atoms with Crippen molar-refractivity contribution in [1.29, 1.82) is 0 Å². The van der Waals surface area contributed by atoms with Gasteiger partial charge in [0, 0.05) is 23.6 Å². The molecular weight excluding hydrogens is 388 g/mol. The Hall–Kier alpha value is -2.75. The Morgan fingerprint density at radius 3 is 2.43 bits per heavy atom. The van der Waals surface area contributed by atoms with E-state index in [2.05, 4.69) is 5.32 Å². The van der Waals surface area contributed by atoms with Gasteiger partial charge in [0.1, 0.15) is 24.4 Å². The molecule has 4 rings (SSSR count). The van der Waals surface area contributed by atoms with Crippen molar-refractivity contribution in [2.24, 2.45) is 0 Å². The Kier molecular flexibility index (Phi) is 5.85. The fourth-order valence-corrected chi connectivity index (χ4v) is 3.82. The Morgan fingerprint density at radius 1 is 1.00 bits per heavy atom. The number of carbonyl (C=O) groups is 1. The van der Waals surface area contributed by atoms with E-state index >= 15 is 0 Å². The lowest BCUT2D eigenvalue weighted by atomic mass is 9.96. The van der Waals surface area contributed by atoms with Crippen molar-refractivity contribution >= 4 is 16.8 Å². The number of aromatic nitrogens is 1. The normalized spacial score (nSPS) is 26.6. The van der Waals surface area contributed by atoms with Crippen LogP contribution in [-0.4, -0.2) is 68.2 Å². The van der Waals surface area contributed by atoms with Gasteiger partial charge in [-0.15, -0.1) is 0 Å². The second kappa shape index (κ2) is 8.55. The van der Waals surface area contributed by atoms with E-state index in [4.69, 9.17) is 4.74 Å². The molecule has 0 spiro atoms. The summed E-state index contributed by atoms with van der Waals surface area (Å²) in [6.07, 6.45) is -3.91. The largest absolute Gasteiger partial charge is 0.394 e. The van der Waals surface area contributed by atoms with E-state index in [1.54, 1.807) is 6.20 Å². The lowest BCUT2D eigenvalue weighted by Crippen LogP contribution is -2.64. The average Bonchev–Trinajstić information content (AvgIpc) is 3.13. The van der Waals surface area contributed by atoms with E-state index in [0.717, 1.165) is 16.5 Å². The molecule has 2 aromatic carbocycles. The van der Waals surface area contributed by atoms with Crippen LogP contribution in [0.25, 0.3) is 10.9 Å². The van der Waals surface area contributed by atoms with Gasteiger partial charge < -0.3 is 35.0 Å². The minimum atomic E-state index is -1.57. The molecule has 3 aromatic rings. The number of benzene rings is 2. The second-order valence-electron chi connectivity index (χ2n) is 7.40. The number of amides is 1. The van der Waals surface area contributed by atoms with Gasteiger partial charge in [-0.05, 0) is 11.6 Å². The number of hydrogen-bond acceptors (Lipinski definition) is 6. The third-order valence-electron chi connectivity index (χ3n) is 5.43. The van der Waals surface area contributed by atoms with Gasteiger partial charge in [-0.2, -0.15) is 0 Å². The van der Waals surface area contributed by atoms with Crippen molar-refractivity contribution in [2.75, 3.05) is 6.61 Å². The van der Waals surface area contributed by atoms with Crippen molar-refractivity contribution in [3.05, 3.63) is 71.9 Å². The standard InChI is InChI=1S/C22H24N2O6/c25-12-17-19(26)20(27)18(22(29)30-17)23-21(28)15-11-24(10-13-6-2-1-3-7-13)16-9-5-4-8-14(15)16/h1-9,11,17-20,22,25-27,29H,10,12H2,(H,23,28)/t17?,18-,19-,20?,22?/m1/s1. The molecule has 1 amide bonds. The zero-order chi connectivity index (χ0) is 21.3. The van der Waals surface area contributed by atoms with Crippen molar-refractivity contribution in [3.63, 3.8) is 0 Å². The molecule has 8 nitrogen and oxygen atoms in total. The number of rotatable bonds is 5. The summed E-state index contributed by atoms with van der Waals surface area (Å²) in [6.45, 7) is 0.00619. The number of hydrogen-bond donors (Lipinski definition) is 5. The van der Waals surface area contributed by atoms with Gasteiger partial charge in [-0.3, -0.25) is 4.79 Å². The monoisotopic (exact) mass is 412 g/mol. The highest BCUT2D eigenvalue weighted by atomic mass is 16.6. The van der Waals surface area contributed by atoms with Gasteiger partial charge in [0.15, 0.2) is 6.29 Å². The van der Waals surface area contributed by atoms with Crippen LogP contribution in [0, 0.1) is 0 Å². The third-order valence-corrected chi connectivity index (χ3v) is 5.43. The van der Waals surface area contributed by atoms with Crippen LogP contribution in [0.1, 0.15) is 15.9 Å². The van der Waals surface area contributed by atoms with E-state index in [0.29, 0.717) is 12.1 Å². The van der Waals surface area contributed by atoms with Gasteiger partial charge in [-0.25, -0.2) is 0 Å². The highest BCUT2D eigenvalue weighted by Crippen LogP contribution is 2.24. The molecule has 1 aromatic heterocycles. The third kappa shape index (κ3) is 3.83. The molecule has 0 radical (unpaired) electrons. The number of aliphatic hydroxyl groups is 4. The fourth-order valence-electron chi connectivity index (χ4n) is 3.82. The molecule has 1 aliphatic rings. The second-order valence-corrected chi connectivity index (χ2v) is 7.40. The molecule has 8 heteroatoms. The SMILES string of the molecule is O=C(N[C@H]1C(O)OC(CO)[C@@H](O)C1O)c1cn(Cc2ccccc2)c2ccccc12. The highest BCUT2D eigenvalue weighted by molar-refractivity contribution is 6.07. The Labute approximate surface area is 173 Å². The lowest BCUT2D eigenvalue weighted by Gasteiger charge is -2.40. The molecule has 0 aliphatic carbocycles. The van der Waals surface area contributed by atoms with Crippen LogP contribution in [0.5, 0.6) is 0 Å². The molecular formula is C22H24N2O6. The van der Waals surface area contributed by atoms with Crippen LogP contribution in [-0.2, 0) is 11.3 Å². The van der Waals surface area contributed by atoms with Gasteiger partial charge in [0.05, 0.1) is 12.2 Å². The van der Waals surface area contributed by atoms with Crippen LogP contribution >= 0.6 is 0 Å². The summed E-state index contributed by atoms with van der Waals surface area (Å²) in [7, 11) is 0. The van der Waals surface area contributed by atoms with Crippen LogP contribution in [0.15, 0.2) is 60.8 Å². The minimum Gasteiger partial charge on any atom is -0.394 e. The molecule has 1 aliphatic heterocycles. The molecule has 1 fully saturated rings.